The molecule has 0 radical (unpaired) electrons. The minimum Gasteiger partial charge on any atom is -0.337 e. The molecule has 6 nitrogen and oxygen atoms in total. The van der Waals surface area contributed by atoms with Gasteiger partial charge in [-0.15, -0.1) is 11.3 Å². The number of carbonyl (C=O) groups is 2. The quantitative estimate of drug-likeness (QED) is 0.894. The van der Waals surface area contributed by atoms with Crippen molar-refractivity contribution in [3.05, 3.63) is 11.1 Å². The van der Waals surface area contributed by atoms with Crippen LogP contribution in [0.5, 0.6) is 0 Å². The topological polar surface area (TPSA) is 65.5 Å². The maximum atomic E-state index is 12.5. The van der Waals surface area contributed by atoms with E-state index in [2.05, 4.69) is 29.3 Å². The van der Waals surface area contributed by atoms with Crippen molar-refractivity contribution >= 4 is 28.3 Å². The van der Waals surface area contributed by atoms with Crippen molar-refractivity contribution in [2.75, 3.05) is 32.5 Å². The molecule has 1 aliphatic rings. The number of hydrogen-bond donors (Lipinski definition) is 1. The van der Waals surface area contributed by atoms with Gasteiger partial charge in [0, 0.05) is 30.9 Å². The first-order valence-electron chi connectivity index (χ1n) is 8.08. The first kappa shape index (κ1) is 17.9. The molecule has 0 bridgehead atoms. The minimum atomic E-state index is -0.0554. The number of aromatic nitrogens is 1. The van der Waals surface area contributed by atoms with E-state index >= 15 is 0 Å². The lowest BCUT2D eigenvalue weighted by Gasteiger charge is -2.34. The fraction of sp³-hybridized carbons (Fsp3) is 0.688. The Labute approximate surface area is 141 Å². The summed E-state index contributed by atoms with van der Waals surface area (Å²) >= 11 is 1.30. The van der Waals surface area contributed by atoms with E-state index in [0.717, 1.165) is 25.9 Å². The minimum absolute atomic E-state index is 0.0391. The Balaban J connectivity index is 1.90. The molecule has 2 amide bonds. The number of anilines is 1. The van der Waals surface area contributed by atoms with Crippen LogP contribution in [0.1, 0.15) is 43.6 Å². The molecule has 1 aromatic rings. The molecule has 1 aromatic heterocycles. The van der Waals surface area contributed by atoms with Gasteiger partial charge in [-0.05, 0) is 32.9 Å². The summed E-state index contributed by atoms with van der Waals surface area (Å²) in [5.41, 5.74) is 0.429. The average molecular weight is 338 g/mol. The van der Waals surface area contributed by atoms with Crippen molar-refractivity contribution in [1.82, 2.24) is 14.8 Å². The SMILES string of the molecule is CC(C)CC(=O)Nc1nc(C(=O)N2CCC(N(C)C)CC2)cs1. The summed E-state index contributed by atoms with van der Waals surface area (Å²) in [6, 6.07) is 0.542. The highest BCUT2D eigenvalue weighted by atomic mass is 32.1. The molecule has 7 heteroatoms. The number of likely N-dealkylation sites (tertiary alicyclic amines) is 1. The normalized spacial score (nSPS) is 16.2. The molecule has 0 aromatic carbocycles. The fourth-order valence-corrected chi connectivity index (χ4v) is 3.42. The lowest BCUT2D eigenvalue weighted by molar-refractivity contribution is -0.116. The van der Waals surface area contributed by atoms with E-state index in [9.17, 15) is 9.59 Å². The second-order valence-corrected chi connectivity index (χ2v) is 7.53. The zero-order chi connectivity index (χ0) is 17.0. The Morgan fingerprint density at radius 3 is 2.61 bits per heavy atom. The van der Waals surface area contributed by atoms with Gasteiger partial charge in [0.05, 0.1) is 0 Å². The molecule has 0 spiro atoms. The van der Waals surface area contributed by atoms with Crippen molar-refractivity contribution in [3.8, 4) is 0 Å². The Bertz CT molecular complexity index is 548. The molecule has 0 atom stereocenters. The predicted octanol–water partition coefficient (Wildman–Crippen LogP) is 2.29. The van der Waals surface area contributed by atoms with E-state index in [1.807, 2.05) is 18.7 Å². The van der Waals surface area contributed by atoms with Crippen molar-refractivity contribution in [2.45, 2.75) is 39.2 Å². The van der Waals surface area contributed by atoms with Gasteiger partial charge in [0.25, 0.3) is 5.91 Å². The van der Waals surface area contributed by atoms with Gasteiger partial charge >= 0.3 is 0 Å². The van der Waals surface area contributed by atoms with Crippen LogP contribution in [0.2, 0.25) is 0 Å². The smallest absolute Gasteiger partial charge is 0.273 e. The molecule has 1 fully saturated rings. The van der Waals surface area contributed by atoms with Gasteiger partial charge in [-0.1, -0.05) is 13.8 Å². The number of carbonyl (C=O) groups excluding carboxylic acids is 2. The van der Waals surface area contributed by atoms with Crippen LogP contribution in [0.4, 0.5) is 5.13 Å². The number of amides is 2. The number of nitrogens with zero attached hydrogens (tertiary/aromatic N) is 3. The van der Waals surface area contributed by atoms with Crippen LogP contribution in [0, 0.1) is 5.92 Å². The molecule has 0 saturated carbocycles. The highest BCUT2D eigenvalue weighted by Crippen LogP contribution is 2.20. The summed E-state index contributed by atoms with van der Waals surface area (Å²) in [6.07, 6.45) is 2.43. The van der Waals surface area contributed by atoms with Crippen LogP contribution in [0.15, 0.2) is 5.38 Å². The third-order valence-electron chi connectivity index (χ3n) is 4.05. The highest BCUT2D eigenvalue weighted by molar-refractivity contribution is 7.14. The molecular formula is C16H26N4O2S. The largest absolute Gasteiger partial charge is 0.337 e. The second kappa shape index (κ2) is 7.88. The second-order valence-electron chi connectivity index (χ2n) is 6.67. The molecule has 0 aliphatic carbocycles. The van der Waals surface area contributed by atoms with Gasteiger partial charge in [-0.2, -0.15) is 0 Å². The zero-order valence-corrected chi connectivity index (χ0v) is 15.2. The van der Waals surface area contributed by atoms with Crippen LogP contribution in [-0.4, -0.2) is 59.8 Å². The third kappa shape index (κ3) is 5.00. The van der Waals surface area contributed by atoms with Crippen LogP contribution >= 0.6 is 11.3 Å². The Hall–Kier alpha value is -1.47. The zero-order valence-electron chi connectivity index (χ0n) is 14.3. The van der Waals surface area contributed by atoms with Gasteiger partial charge in [0.1, 0.15) is 5.69 Å². The number of hydrogen-bond acceptors (Lipinski definition) is 5. The van der Waals surface area contributed by atoms with Gasteiger partial charge in [-0.25, -0.2) is 4.98 Å². The van der Waals surface area contributed by atoms with Gasteiger partial charge in [0.2, 0.25) is 5.91 Å². The van der Waals surface area contributed by atoms with E-state index in [4.69, 9.17) is 0 Å². The fourth-order valence-electron chi connectivity index (χ4n) is 2.72. The van der Waals surface area contributed by atoms with Crippen LogP contribution in [-0.2, 0) is 4.79 Å². The summed E-state index contributed by atoms with van der Waals surface area (Å²) in [7, 11) is 4.16. The molecule has 1 saturated heterocycles. The first-order chi connectivity index (χ1) is 10.9. The van der Waals surface area contributed by atoms with Crippen molar-refractivity contribution in [3.63, 3.8) is 0 Å². The Morgan fingerprint density at radius 2 is 2.04 bits per heavy atom. The van der Waals surface area contributed by atoms with E-state index in [0.29, 0.717) is 29.2 Å². The van der Waals surface area contributed by atoms with Crippen molar-refractivity contribution in [2.24, 2.45) is 5.92 Å². The number of thiazole rings is 1. The van der Waals surface area contributed by atoms with Crippen LogP contribution < -0.4 is 5.32 Å². The number of rotatable bonds is 5. The summed E-state index contributed by atoms with van der Waals surface area (Å²) in [5, 5.41) is 4.99. The van der Waals surface area contributed by atoms with Gasteiger partial charge in [-0.3, -0.25) is 9.59 Å². The van der Waals surface area contributed by atoms with Crippen molar-refractivity contribution < 1.29 is 9.59 Å². The predicted molar refractivity (Wildman–Crippen MR) is 92.8 cm³/mol. The van der Waals surface area contributed by atoms with E-state index in [-0.39, 0.29) is 11.8 Å². The number of piperidine rings is 1. The third-order valence-corrected chi connectivity index (χ3v) is 4.80. The highest BCUT2D eigenvalue weighted by Gasteiger charge is 2.26. The molecule has 1 N–H and O–H groups in total. The lowest BCUT2D eigenvalue weighted by Crippen LogP contribution is -2.44. The van der Waals surface area contributed by atoms with Gasteiger partial charge in [0.15, 0.2) is 5.13 Å². The van der Waals surface area contributed by atoms with E-state index in [1.54, 1.807) is 5.38 Å². The van der Waals surface area contributed by atoms with Crippen LogP contribution in [0.3, 0.4) is 0 Å². The van der Waals surface area contributed by atoms with Crippen molar-refractivity contribution in [1.29, 1.82) is 0 Å². The van der Waals surface area contributed by atoms with E-state index in [1.165, 1.54) is 11.3 Å². The Morgan fingerprint density at radius 1 is 1.39 bits per heavy atom. The monoisotopic (exact) mass is 338 g/mol. The van der Waals surface area contributed by atoms with Crippen LogP contribution in [0.25, 0.3) is 0 Å². The summed E-state index contributed by atoms with van der Waals surface area (Å²) < 4.78 is 0. The molecule has 0 unspecified atom stereocenters. The first-order valence-corrected chi connectivity index (χ1v) is 8.96. The summed E-state index contributed by atoms with van der Waals surface area (Å²) in [5.74, 6) is 0.206. The molecule has 2 heterocycles. The maximum absolute atomic E-state index is 12.5. The summed E-state index contributed by atoms with van der Waals surface area (Å²) in [4.78, 5) is 32.6. The molecule has 2 rings (SSSR count). The molecular weight excluding hydrogens is 312 g/mol. The molecule has 1 aliphatic heterocycles. The average Bonchev–Trinajstić information content (AvgIpc) is 2.94. The summed E-state index contributed by atoms with van der Waals surface area (Å²) in [6.45, 7) is 5.50. The standard InChI is InChI=1S/C16H26N4O2S/c1-11(2)9-14(21)18-16-17-13(10-23-16)15(22)20-7-5-12(6-8-20)19(3)4/h10-12H,5-9H2,1-4H3,(H,17,18,21). The Kier molecular flexibility index (Phi) is 6.12. The maximum Gasteiger partial charge on any atom is 0.273 e. The lowest BCUT2D eigenvalue weighted by atomic mass is 10.0. The van der Waals surface area contributed by atoms with Gasteiger partial charge < -0.3 is 15.1 Å². The number of nitrogens with one attached hydrogen (secondary N) is 1. The molecule has 128 valence electrons. The van der Waals surface area contributed by atoms with E-state index < -0.39 is 0 Å². The molecule has 23 heavy (non-hydrogen) atoms.